The fourth-order valence-corrected chi connectivity index (χ4v) is 2.53. The zero-order valence-electron chi connectivity index (χ0n) is 12.7. The molecule has 0 aromatic carbocycles. The first kappa shape index (κ1) is 17.3. The maximum Gasteiger partial charge on any atom is 0.248 e. The van der Waals surface area contributed by atoms with Crippen LogP contribution in [0, 0.1) is 11.3 Å². The van der Waals surface area contributed by atoms with Crippen LogP contribution in [0.3, 0.4) is 0 Å². The second kappa shape index (κ2) is 6.83. The molecule has 1 aliphatic carbocycles. The number of nitrogens with one attached hydrogen (secondary N) is 1. The Morgan fingerprint density at radius 1 is 1.45 bits per heavy atom. The highest BCUT2D eigenvalue weighted by atomic mass is 19.3. The van der Waals surface area contributed by atoms with Crippen LogP contribution in [-0.2, 0) is 4.79 Å². The summed E-state index contributed by atoms with van der Waals surface area (Å²) in [7, 11) is 0. The maximum absolute atomic E-state index is 13.3. The van der Waals surface area contributed by atoms with Crippen molar-refractivity contribution < 1.29 is 18.7 Å². The van der Waals surface area contributed by atoms with Crippen molar-refractivity contribution in [3.63, 3.8) is 0 Å². The molecule has 0 unspecified atom stereocenters. The Balaban J connectivity index is 2.46. The molecule has 0 aromatic rings. The molecular formula is C15H27F2NO2. The van der Waals surface area contributed by atoms with Crippen LogP contribution in [-0.4, -0.2) is 29.6 Å². The first-order chi connectivity index (χ1) is 9.13. The Labute approximate surface area is 120 Å². The van der Waals surface area contributed by atoms with Crippen LogP contribution in [0.15, 0.2) is 0 Å². The lowest BCUT2D eigenvalue weighted by molar-refractivity contribution is -0.133. The molecule has 0 aliphatic heterocycles. The molecule has 1 aliphatic rings. The van der Waals surface area contributed by atoms with Gasteiger partial charge in [0.15, 0.2) is 0 Å². The maximum atomic E-state index is 13.3. The number of amides is 1. The molecule has 0 radical (unpaired) electrons. The van der Waals surface area contributed by atoms with Crippen LogP contribution in [0.5, 0.6) is 0 Å². The highest BCUT2D eigenvalue weighted by Crippen LogP contribution is 2.36. The van der Waals surface area contributed by atoms with Crippen LogP contribution in [0.2, 0.25) is 0 Å². The van der Waals surface area contributed by atoms with Gasteiger partial charge in [0.1, 0.15) is 0 Å². The van der Waals surface area contributed by atoms with Crippen molar-refractivity contribution in [3.05, 3.63) is 0 Å². The Morgan fingerprint density at radius 2 is 2.10 bits per heavy atom. The van der Waals surface area contributed by atoms with Gasteiger partial charge < -0.3 is 10.4 Å². The number of hydrogen-bond donors (Lipinski definition) is 2. The van der Waals surface area contributed by atoms with Crippen LogP contribution < -0.4 is 5.32 Å². The number of carbonyl (C=O) groups excluding carboxylic acids is 1. The Hall–Kier alpha value is -0.710. The minimum absolute atomic E-state index is 0.121. The van der Waals surface area contributed by atoms with Crippen molar-refractivity contribution >= 4 is 5.91 Å². The highest BCUT2D eigenvalue weighted by Gasteiger charge is 2.39. The van der Waals surface area contributed by atoms with Gasteiger partial charge in [0, 0.05) is 18.8 Å². The van der Waals surface area contributed by atoms with E-state index in [1.165, 1.54) is 0 Å². The van der Waals surface area contributed by atoms with E-state index >= 15 is 0 Å². The first-order valence-corrected chi connectivity index (χ1v) is 7.42. The van der Waals surface area contributed by atoms with Gasteiger partial charge in [-0.15, -0.1) is 0 Å². The van der Waals surface area contributed by atoms with Crippen LogP contribution in [0.4, 0.5) is 8.78 Å². The fraction of sp³-hybridized carbons (Fsp3) is 0.933. The first-order valence-electron chi connectivity index (χ1n) is 7.42. The van der Waals surface area contributed by atoms with Crippen LogP contribution >= 0.6 is 0 Å². The molecule has 5 heteroatoms. The summed E-state index contributed by atoms with van der Waals surface area (Å²) in [5.41, 5.74) is 0.121. The monoisotopic (exact) mass is 291 g/mol. The average Bonchev–Trinajstić information content (AvgIpc) is 2.31. The van der Waals surface area contributed by atoms with Gasteiger partial charge in [-0.3, -0.25) is 4.79 Å². The molecule has 3 nitrogen and oxygen atoms in total. The summed E-state index contributed by atoms with van der Waals surface area (Å²) in [6.07, 6.45) is 1.93. The van der Waals surface area contributed by atoms with Gasteiger partial charge in [-0.2, -0.15) is 0 Å². The normalized spacial score (nSPS) is 24.2. The zero-order valence-corrected chi connectivity index (χ0v) is 12.7. The van der Waals surface area contributed by atoms with E-state index < -0.39 is 11.8 Å². The number of aliphatic hydroxyl groups excluding tert-OH is 1. The third-order valence-corrected chi connectivity index (χ3v) is 3.82. The van der Waals surface area contributed by atoms with Crippen molar-refractivity contribution in [3.8, 4) is 0 Å². The number of rotatable bonds is 5. The summed E-state index contributed by atoms with van der Waals surface area (Å²) >= 11 is 0. The second-order valence-electron chi connectivity index (χ2n) is 7.14. The minimum atomic E-state index is -2.72. The van der Waals surface area contributed by atoms with Gasteiger partial charge in [0.05, 0.1) is 12.6 Å². The van der Waals surface area contributed by atoms with E-state index in [4.69, 9.17) is 0 Å². The number of alkyl halides is 2. The van der Waals surface area contributed by atoms with Crippen molar-refractivity contribution in [2.45, 2.75) is 71.3 Å². The third kappa shape index (κ3) is 6.16. The molecule has 0 bridgehead atoms. The molecule has 1 rings (SSSR count). The molecule has 20 heavy (non-hydrogen) atoms. The van der Waals surface area contributed by atoms with E-state index in [9.17, 15) is 18.7 Å². The largest absolute Gasteiger partial charge is 0.394 e. The van der Waals surface area contributed by atoms with Crippen molar-refractivity contribution in [2.24, 2.45) is 11.3 Å². The molecule has 1 fully saturated rings. The molecule has 118 valence electrons. The standard InChI is InChI=1S/C15H27F2NO2/c1-14(2,3)8-6-12(10-19)18-13(20)11-5-4-7-15(16,17)9-11/h11-12,19H,4-10H2,1-3H3,(H,18,20)/t11-,12+/m1/s1. The number of aliphatic hydroxyl groups is 1. The minimum Gasteiger partial charge on any atom is -0.394 e. The highest BCUT2D eigenvalue weighted by molar-refractivity contribution is 5.79. The smallest absolute Gasteiger partial charge is 0.248 e. The molecule has 2 N–H and O–H groups in total. The van der Waals surface area contributed by atoms with Gasteiger partial charge >= 0.3 is 0 Å². The van der Waals surface area contributed by atoms with Crippen molar-refractivity contribution in [1.29, 1.82) is 0 Å². The third-order valence-electron chi connectivity index (χ3n) is 3.82. The molecule has 0 spiro atoms. The van der Waals surface area contributed by atoms with E-state index in [1.807, 2.05) is 0 Å². The number of halogens is 2. The van der Waals surface area contributed by atoms with E-state index in [0.29, 0.717) is 19.3 Å². The number of carbonyl (C=O) groups is 1. The predicted octanol–water partition coefficient (Wildman–Crippen LogP) is 3.12. The molecular weight excluding hydrogens is 264 g/mol. The predicted molar refractivity (Wildman–Crippen MR) is 74.6 cm³/mol. The van der Waals surface area contributed by atoms with Crippen molar-refractivity contribution in [1.82, 2.24) is 5.32 Å². The topological polar surface area (TPSA) is 49.3 Å². The van der Waals surface area contributed by atoms with E-state index in [2.05, 4.69) is 26.1 Å². The van der Waals surface area contributed by atoms with Gasteiger partial charge in [-0.25, -0.2) is 8.78 Å². The molecule has 0 aromatic heterocycles. The molecule has 0 saturated heterocycles. The average molecular weight is 291 g/mol. The van der Waals surface area contributed by atoms with Crippen LogP contribution in [0.1, 0.15) is 59.3 Å². The molecule has 1 saturated carbocycles. The summed E-state index contributed by atoms with van der Waals surface area (Å²) in [6, 6.07) is -0.336. The van der Waals surface area contributed by atoms with E-state index in [1.54, 1.807) is 0 Å². The lowest BCUT2D eigenvalue weighted by atomic mass is 9.85. The summed E-state index contributed by atoms with van der Waals surface area (Å²) < 4.78 is 26.6. The molecule has 1 amide bonds. The van der Waals surface area contributed by atoms with E-state index in [0.717, 1.165) is 6.42 Å². The van der Waals surface area contributed by atoms with E-state index in [-0.39, 0.29) is 36.8 Å². The summed E-state index contributed by atoms with van der Waals surface area (Å²) in [5.74, 6) is -3.68. The second-order valence-corrected chi connectivity index (χ2v) is 7.14. The lowest BCUT2D eigenvalue weighted by Crippen LogP contribution is -2.44. The Kier molecular flexibility index (Phi) is 5.92. The number of hydrogen-bond acceptors (Lipinski definition) is 2. The zero-order chi connectivity index (χ0) is 15.4. The SMILES string of the molecule is CC(C)(C)CC[C@@H](CO)NC(=O)[C@@H]1CCCC(F)(F)C1. The van der Waals surface area contributed by atoms with Gasteiger partial charge in [0.25, 0.3) is 0 Å². The Morgan fingerprint density at radius 3 is 2.60 bits per heavy atom. The van der Waals surface area contributed by atoms with Crippen LogP contribution in [0.25, 0.3) is 0 Å². The summed E-state index contributed by atoms with van der Waals surface area (Å²) in [6.45, 7) is 6.12. The lowest BCUT2D eigenvalue weighted by Gasteiger charge is -2.30. The Bertz CT molecular complexity index is 326. The fourth-order valence-electron chi connectivity index (χ4n) is 2.53. The molecule has 2 atom stereocenters. The molecule has 0 heterocycles. The summed E-state index contributed by atoms with van der Waals surface area (Å²) in [4.78, 5) is 12.0. The van der Waals surface area contributed by atoms with Gasteiger partial charge in [0.2, 0.25) is 11.8 Å². The van der Waals surface area contributed by atoms with Gasteiger partial charge in [-0.05, 0) is 31.1 Å². The quantitative estimate of drug-likeness (QED) is 0.817. The summed E-state index contributed by atoms with van der Waals surface area (Å²) in [5, 5.41) is 12.0. The van der Waals surface area contributed by atoms with Crippen molar-refractivity contribution in [2.75, 3.05) is 6.61 Å². The van der Waals surface area contributed by atoms with Gasteiger partial charge in [-0.1, -0.05) is 20.8 Å².